The maximum Gasteiger partial charge on any atom is 0.163 e. The summed E-state index contributed by atoms with van der Waals surface area (Å²) in [7, 11) is 0. The normalized spacial score (nSPS) is 19.4. The smallest absolute Gasteiger partial charge is 0.163 e. The van der Waals surface area contributed by atoms with E-state index in [9.17, 15) is 4.79 Å². The molecule has 2 aliphatic rings. The quantitative estimate of drug-likeness (QED) is 0.601. The first-order valence-corrected chi connectivity index (χ1v) is 8.83. The van der Waals surface area contributed by atoms with Crippen LogP contribution in [0.15, 0.2) is 78.1 Å². The van der Waals surface area contributed by atoms with Gasteiger partial charge in [-0.1, -0.05) is 66.7 Å². The molecule has 0 spiro atoms. The highest BCUT2D eigenvalue weighted by Gasteiger charge is 2.37. The van der Waals surface area contributed by atoms with Crippen molar-refractivity contribution in [2.75, 3.05) is 0 Å². The van der Waals surface area contributed by atoms with E-state index in [1.807, 2.05) is 30.3 Å². The van der Waals surface area contributed by atoms with E-state index >= 15 is 0 Å². The third-order valence-electron chi connectivity index (χ3n) is 5.28. The summed E-state index contributed by atoms with van der Waals surface area (Å²) >= 11 is 0. The fourth-order valence-corrected chi connectivity index (χ4v) is 4.13. The molecule has 3 aromatic rings. The lowest BCUT2D eigenvalue weighted by Crippen LogP contribution is -2.25. The summed E-state index contributed by atoms with van der Waals surface area (Å²) in [5, 5.41) is 2.28. The first-order chi connectivity index (χ1) is 12.3. The number of benzene rings is 3. The van der Waals surface area contributed by atoms with Gasteiger partial charge < -0.3 is 4.74 Å². The molecule has 1 aliphatic carbocycles. The van der Waals surface area contributed by atoms with Crippen molar-refractivity contribution in [1.29, 1.82) is 0 Å². The number of hydrogen-bond donors (Lipinski definition) is 0. The second-order valence-corrected chi connectivity index (χ2v) is 6.76. The highest BCUT2D eigenvalue weighted by molar-refractivity contribution is 6.01. The molecule has 122 valence electrons. The number of fused-ring (bicyclic) bond motifs is 3. The van der Waals surface area contributed by atoms with E-state index in [1.165, 1.54) is 5.39 Å². The Morgan fingerprint density at radius 2 is 1.64 bits per heavy atom. The molecule has 1 unspecified atom stereocenters. The molecule has 0 amide bonds. The largest absolute Gasteiger partial charge is 0.460 e. The minimum atomic E-state index is -0.0302. The van der Waals surface area contributed by atoms with Crippen molar-refractivity contribution in [3.8, 4) is 5.75 Å². The molecule has 1 aliphatic heterocycles. The Hall–Kier alpha value is -2.87. The Morgan fingerprint density at radius 1 is 0.840 bits per heavy atom. The van der Waals surface area contributed by atoms with Crippen molar-refractivity contribution in [1.82, 2.24) is 0 Å². The molecule has 25 heavy (non-hydrogen) atoms. The number of carbonyl (C=O) groups is 1. The lowest BCUT2D eigenvalue weighted by atomic mass is 9.76. The van der Waals surface area contributed by atoms with Gasteiger partial charge in [-0.15, -0.1) is 0 Å². The van der Waals surface area contributed by atoms with Crippen LogP contribution in [0.2, 0.25) is 0 Å². The molecule has 0 fully saturated rings. The summed E-state index contributed by atoms with van der Waals surface area (Å²) in [5.74, 6) is 1.99. The zero-order chi connectivity index (χ0) is 16.8. The van der Waals surface area contributed by atoms with E-state index in [4.69, 9.17) is 4.74 Å². The molecule has 1 atom stereocenters. The molecular weight excluding hydrogens is 308 g/mol. The molecule has 3 aromatic carbocycles. The van der Waals surface area contributed by atoms with Crippen LogP contribution >= 0.6 is 0 Å². The number of carbonyl (C=O) groups excluding carboxylic acids is 1. The molecule has 0 saturated heterocycles. The van der Waals surface area contributed by atoms with Crippen LogP contribution in [0.5, 0.6) is 5.75 Å². The Labute approximate surface area is 146 Å². The van der Waals surface area contributed by atoms with Crippen molar-refractivity contribution >= 4 is 16.6 Å². The van der Waals surface area contributed by atoms with Crippen molar-refractivity contribution in [2.45, 2.75) is 25.2 Å². The Morgan fingerprint density at radius 3 is 2.52 bits per heavy atom. The summed E-state index contributed by atoms with van der Waals surface area (Å²) in [6.07, 6.45) is 2.33. The molecule has 5 rings (SSSR count). The standard InChI is InChI=1S/C23H18O2/c24-19-11-6-12-20-22(19)21(16-8-2-1-3-9-16)18-14-13-15-7-4-5-10-17(15)23(18)25-20/h1-5,7-10,13-14,21H,6,11-12H2. The second-order valence-electron chi connectivity index (χ2n) is 6.76. The number of allylic oxidation sites excluding steroid dienone is 2. The first-order valence-electron chi connectivity index (χ1n) is 8.83. The average molecular weight is 326 g/mol. The molecule has 0 saturated carbocycles. The van der Waals surface area contributed by atoms with Gasteiger partial charge >= 0.3 is 0 Å². The Balaban J connectivity index is 1.81. The summed E-state index contributed by atoms with van der Waals surface area (Å²) in [6, 6.07) is 22.9. The van der Waals surface area contributed by atoms with Crippen LogP contribution in [0.3, 0.4) is 0 Å². The molecule has 0 N–H and O–H groups in total. The van der Waals surface area contributed by atoms with Gasteiger partial charge in [0.25, 0.3) is 0 Å². The predicted molar refractivity (Wildman–Crippen MR) is 98.7 cm³/mol. The van der Waals surface area contributed by atoms with Crippen LogP contribution in [0, 0.1) is 0 Å². The maximum atomic E-state index is 12.7. The molecule has 2 heteroatoms. The van der Waals surface area contributed by atoms with Crippen molar-refractivity contribution < 1.29 is 9.53 Å². The van der Waals surface area contributed by atoms with Crippen LogP contribution in [-0.2, 0) is 4.79 Å². The zero-order valence-electron chi connectivity index (χ0n) is 13.9. The fourth-order valence-electron chi connectivity index (χ4n) is 4.13. The second kappa shape index (κ2) is 5.59. The molecule has 1 heterocycles. The Bertz CT molecular complexity index is 1010. The van der Waals surface area contributed by atoms with E-state index in [0.29, 0.717) is 6.42 Å². The lowest BCUT2D eigenvalue weighted by molar-refractivity contribution is -0.116. The average Bonchev–Trinajstić information content (AvgIpc) is 2.67. The van der Waals surface area contributed by atoms with Gasteiger partial charge in [0.2, 0.25) is 0 Å². The number of Topliss-reactive ketones (excluding diaryl/α,β-unsaturated/α-hetero) is 1. The van der Waals surface area contributed by atoms with Gasteiger partial charge in [0, 0.05) is 35.3 Å². The highest BCUT2D eigenvalue weighted by atomic mass is 16.5. The van der Waals surface area contributed by atoms with Crippen LogP contribution in [0.1, 0.15) is 36.3 Å². The fraction of sp³-hybridized carbons (Fsp3) is 0.174. The number of rotatable bonds is 1. The van der Waals surface area contributed by atoms with Crippen LogP contribution in [0.25, 0.3) is 10.8 Å². The number of ether oxygens (including phenoxy) is 1. The van der Waals surface area contributed by atoms with E-state index < -0.39 is 0 Å². The number of hydrogen-bond acceptors (Lipinski definition) is 2. The molecule has 0 radical (unpaired) electrons. The van der Waals surface area contributed by atoms with E-state index in [1.54, 1.807) is 0 Å². The third kappa shape index (κ3) is 2.21. The van der Waals surface area contributed by atoms with Gasteiger partial charge in [-0.05, 0) is 17.4 Å². The minimum absolute atomic E-state index is 0.0302. The van der Waals surface area contributed by atoms with E-state index in [0.717, 1.165) is 46.4 Å². The molecule has 0 bridgehead atoms. The highest BCUT2D eigenvalue weighted by Crippen LogP contribution is 2.48. The molecular formula is C23H18O2. The Kier molecular flexibility index (Phi) is 3.24. The maximum absolute atomic E-state index is 12.7. The van der Waals surface area contributed by atoms with Gasteiger partial charge in [-0.3, -0.25) is 4.79 Å². The van der Waals surface area contributed by atoms with Gasteiger partial charge in [0.1, 0.15) is 11.5 Å². The molecule has 0 aromatic heterocycles. The number of ketones is 1. The monoisotopic (exact) mass is 326 g/mol. The zero-order valence-corrected chi connectivity index (χ0v) is 13.9. The van der Waals surface area contributed by atoms with Crippen molar-refractivity contribution in [3.63, 3.8) is 0 Å². The first kappa shape index (κ1) is 14.5. The van der Waals surface area contributed by atoms with E-state index in [-0.39, 0.29) is 11.7 Å². The van der Waals surface area contributed by atoms with Crippen LogP contribution in [0.4, 0.5) is 0 Å². The molecule has 2 nitrogen and oxygen atoms in total. The van der Waals surface area contributed by atoms with Gasteiger partial charge in [-0.2, -0.15) is 0 Å². The van der Waals surface area contributed by atoms with Crippen LogP contribution < -0.4 is 4.74 Å². The summed E-state index contributed by atoms with van der Waals surface area (Å²) in [4.78, 5) is 12.7. The van der Waals surface area contributed by atoms with Gasteiger partial charge in [-0.25, -0.2) is 0 Å². The van der Waals surface area contributed by atoms with Crippen molar-refractivity contribution in [3.05, 3.63) is 89.2 Å². The SMILES string of the molecule is O=C1CCCC2=C1C(c1ccccc1)c1ccc3ccccc3c1O2. The van der Waals surface area contributed by atoms with Crippen molar-refractivity contribution in [2.24, 2.45) is 0 Å². The summed E-state index contributed by atoms with van der Waals surface area (Å²) in [6.45, 7) is 0. The topological polar surface area (TPSA) is 26.3 Å². The summed E-state index contributed by atoms with van der Waals surface area (Å²) < 4.78 is 6.33. The van der Waals surface area contributed by atoms with Gasteiger partial charge in [0.05, 0.1) is 0 Å². The minimum Gasteiger partial charge on any atom is -0.460 e. The third-order valence-corrected chi connectivity index (χ3v) is 5.28. The van der Waals surface area contributed by atoms with Crippen LogP contribution in [-0.4, -0.2) is 5.78 Å². The van der Waals surface area contributed by atoms with E-state index in [2.05, 4.69) is 36.4 Å². The van der Waals surface area contributed by atoms with Gasteiger partial charge in [0.15, 0.2) is 5.78 Å². The summed E-state index contributed by atoms with van der Waals surface area (Å²) in [5.41, 5.74) is 3.12. The predicted octanol–water partition coefficient (Wildman–Crippen LogP) is 5.37. The lowest BCUT2D eigenvalue weighted by Gasteiger charge is -2.33.